The van der Waals surface area contributed by atoms with Gasteiger partial charge >= 0.3 is 5.97 Å². The van der Waals surface area contributed by atoms with Crippen LogP contribution in [0.3, 0.4) is 0 Å². The third-order valence-electron chi connectivity index (χ3n) is 4.93. The maximum absolute atomic E-state index is 12.5. The summed E-state index contributed by atoms with van der Waals surface area (Å²) in [5.74, 6) is -1.44. The van der Waals surface area contributed by atoms with E-state index >= 15 is 0 Å². The van der Waals surface area contributed by atoms with Crippen molar-refractivity contribution in [2.45, 2.75) is 25.3 Å². The topological polar surface area (TPSA) is 89.7 Å². The minimum absolute atomic E-state index is 0.00370. The van der Waals surface area contributed by atoms with Crippen molar-refractivity contribution in [3.63, 3.8) is 0 Å². The molecule has 140 valence electrons. The Kier molecular flexibility index (Phi) is 5.54. The molecule has 2 amide bonds. The Bertz CT molecular complexity index is 861. The van der Waals surface area contributed by atoms with E-state index in [0.717, 1.165) is 24.8 Å². The Morgan fingerprint density at radius 3 is 2.44 bits per heavy atom. The van der Waals surface area contributed by atoms with Crippen LogP contribution in [0, 0.1) is 0 Å². The van der Waals surface area contributed by atoms with E-state index in [1.165, 1.54) is 29.8 Å². The van der Waals surface area contributed by atoms with Gasteiger partial charge in [0.2, 0.25) is 5.91 Å². The molecule has 0 spiro atoms. The number of carbonyl (C=O) groups is 3. The van der Waals surface area contributed by atoms with Crippen LogP contribution in [0.15, 0.2) is 48.5 Å². The highest BCUT2D eigenvalue weighted by atomic mass is 16.5. The number of nitrogens with zero attached hydrogens (tertiary/aromatic N) is 1. The Hall–Kier alpha value is -3.15. The number of benzene rings is 2. The fourth-order valence-corrected chi connectivity index (χ4v) is 3.39. The second-order valence-corrected chi connectivity index (χ2v) is 6.63. The monoisotopic (exact) mass is 366 g/mol. The highest BCUT2D eigenvalue weighted by molar-refractivity contribution is 5.95. The van der Waals surface area contributed by atoms with Gasteiger partial charge in [0, 0.05) is 12.6 Å². The summed E-state index contributed by atoms with van der Waals surface area (Å²) in [6.07, 6.45) is 2.93. The van der Waals surface area contributed by atoms with Gasteiger partial charge in [0.25, 0.3) is 5.91 Å². The van der Waals surface area contributed by atoms with Crippen LogP contribution in [-0.2, 0) is 16.0 Å². The maximum Gasteiger partial charge on any atom is 0.338 e. The van der Waals surface area contributed by atoms with Crippen molar-refractivity contribution in [3.8, 4) is 0 Å². The molecule has 1 aliphatic carbocycles. The van der Waals surface area contributed by atoms with Crippen LogP contribution in [0.5, 0.6) is 0 Å². The minimum atomic E-state index is -0.614. The molecule has 1 atom stereocenters. The minimum Gasteiger partial charge on any atom is -0.452 e. The van der Waals surface area contributed by atoms with Crippen LogP contribution >= 0.6 is 0 Å². The number of esters is 1. The molecule has 0 saturated carbocycles. The van der Waals surface area contributed by atoms with Gasteiger partial charge in [0.15, 0.2) is 6.61 Å². The third-order valence-corrected chi connectivity index (χ3v) is 4.93. The largest absolute Gasteiger partial charge is 0.452 e. The van der Waals surface area contributed by atoms with Crippen molar-refractivity contribution >= 4 is 17.8 Å². The van der Waals surface area contributed by atoms with Crippen LogP contribution in [0.1, 0.15) is 50.7 Å². The lowest BCUT2D eigenvalue weighted by Crippen LogP contribution is -2.36. The Balaban J connectivity index is 1.60. The number of likely N-dealkylation sites (N-methyl/N-ethyl adjacent to an activating group) is 1. The number of amides is 2. The Morgan fingerprint density at radius 1 is 1.07 bits per heavy atom. The molecule has 0 aromatic heterocycles. The molecular formula is C21H22N2O4. The molecule has 0 heterocycles. The smallest absolute Gasteiger partial charge is 0.338 e. The van der Waals surface area contributed by atoms with Gasteiger partial charge in [-0.05, 0) is 54.7 Å². The molecule has 2 N–H and O–H groups in total. The van der Waals surface area contributed by atoms with E-state index in [0.29, 0.717) is 5.56 Å². The molecule has 2 aromatic rings. The van der Waals surface area contributed by atoms with E-state index in [1.807, 2.05) is 12.1 Å². The number of rotatable bonds is 5. The van der Waals surface area contributed by atoms with Gasteiger partial charge in [-0.1, -0.05) is 24.3 Å². The molecule has 6 heteroatoms. The van der Waals surface area contributed by atoms with E-state index in [2.05, 4.69) is 12.1 Å². The molecular weight excluding hydrogens is 344 g/mol. The normalized spacial score (nSPS) is 15.5. The summed E-state index contributed by atoms with van der Waals surface area (Å²) < 4.78 is 5.14. The van der Waals surface area contributed by atoms with Gasteiger partial charge in [-0.2, -0.15) is 0 Å². The highest BCUT2D eigenvalue weighted by Crippen LogP contribution is 2.33. The van der Waals surface area contributed by atoms with Crippen molar-refractivity contribution < 1.29 is 19.1 Å². The molecule has 1 aliphatic rings. The number of hydrogen-bond acceptors (Lipinski definition) is 4. The van der Waals surface area contributed by atoms with E-state index in [4.69, 9.17) is 10.5 Å². The number of aryl methyl sites for hydroxylation is 1. The summed E-state index contributed by atoms with van der Waals surface area (Å²) in [6.45, 7) is -0.328. The summed E-state index contributed by atoms with van der Waals surface area (Å²) >= 11 is 0. The highest BCUT2D eigenvalue weighted by Gasteiger charge is 2.27. The average molecular weight is 366 g/mol. The van der Waals surface area contributed by atoms with E-state index < -0.39 is 11.9 Å². The van der Waals surface area contributed by atoms with Gasteiger partial charge in [0.05, 0.1) is 11.6 Å². The van der Waals surface area contributed by atoms with Crippen LogP contribution < -0.4 is 5.73 Å². The zero-order chi connectivity index (χ0) is 19.4. The maximum atomic E-state index is 12.5. The molecule has 1 unspecified atom stereocenters. The summed E-state index contributed by atoms with van der Waals surface area (Å²) in [6, 6.07) is 13.9. The van der Waals surface area contributed by atoms with Gasteiger partial charge in [-0.15, -0.1) is 0 Å². The van der Waals surface area contributed by atoms with Crippen molar-refractivity contribution in [3.05, 3.63) is 70.8 Å². The second kappa shape index (κ2) is 8.03. The lowest BCUT2D eigenvalue weighted by Gasteiger charge is -2.33. The number of carbonyl (C=O) groups excluding carboxylic acids is 3. The molecule has 0 bridgehead atoms. The van der Waals surface area contributed by atoms with Crippen molar-refractivity contribution in [2.24, 2.45) is 5.73 Å². The van der Waals surface area contributed by atoms with Crippen LogP contribution in [0.2, 0.25) is 0 Å². The standard InChI is InChI=1S/C21H22N2O4/c1-23(18-8-4-6-14-5-2-3-7-17(14)18)19(24)13-27-21(26)16-11-9-15(10-12-16)20(22)25/h2-3,5,7,9-12,18H,4,6,8,13H2,1H3,(H2,22,25). The molecule has 3 rings (SSSR count). The van der Waals surface area contributed by atoms with Gasteiger partial charge < -0.3 is 15.4 Å². The van der Waals surface area contributed by atoms with Crippen LogP contribution in [0.25, 0.3) is 0 Å². The number of ether oxygens (including phenoxy) is 1. The fourth-order valence-electron chi connectivity index (χ4n) is 3.39. The summed E-state index contributed by atoms with van der Waals surface area (Å²) in [5.41, 5.74) is 8.16. The Morgan fingerprint density at radius 2 is 1.74 bits per heavy atom. The van der Waals surface area contributed by atoms with Crippen molar-refractivity contribution in [2.75, 3.05) is 13.7 Å². The average Bonchev–Trinajstić information content (AvgIpc) is 2.70. The van der Waals surface area contributed by atoms with Crippen LogP contribution in [-0.4, -0.2) is 36.3 Å². The predicted octanol–water partition coefficient (Wildman–Crippen LogP) is 2.48. The molecule has 6 nitrogen and oxygen atoms in total. The fraction of sp³-hybridized carbons (Fsp3) is 0.286. The first-order chi connectivity index (χ1) is 13.0. The number of nitrogens with two attached hydrogens (primary N) is 1. The second-order valence-electron chi connectivity index (χ2n) is 6.63. The molecule has 2 aromatic carbocycles. The molecule has 0 fully saturated rings. The van der Waals surface area contributed by atoms with E-state index in [-0.39, 0.29) is 24.1 Å². The first-order valence-electron chi connectivity index (χ1n) is 8.88. The summed E-state index contributed by atoms with van der Waals surface area (Å²) in [5, 5.41) is 0. The molecule has 0 radical (unpaired) electrons. The summed E-state index contributed by atoms with van der Waals surface area (Å²) in [7, 11) is 1.74. The number of primary amides is 1. The van der Waals surface area contributed by atoms with E-state index in [1.54, 1.807) is 11.9 Å². The quantitative estimate of drug-likeness (QED) is 0.823. The van der Waals surface area contributed by atoms with Crippen molar-refractivity contribution in [1.29, 1.82) is 0 Å². The first kappa shape index (κ1) is 18.6. The van der Waals surface area contributed by atoms with Gasteiger partial charge in [0.1, 0.15) is 0 Å². The third kappa shape index (κ3) is 4.16. The van der Waals surface area contributed by atoms with E-state index in [9.17, 15) is 14.4 Å². The lowest BCUT2D eigenvalue weighted by atomic mass is 9.87. The van der Waals surface area contributed by atoms with Gasteiger partial charge in [-0.25, -0.2) is 4.79 Å². The van der Waals surface area contributed by atoms with Gasteiger partial charge in [-0.3, -0.25) is 9.59 Å². The SMILES string of the molecule is CN(C(=O)COC(=O)c1ccc(C(N)=O)cc1)C1CCCc2ccccc21. The molecule has 0 aliphatic heterocycles. The zero-order valence-corrected chi connectivity index (χ0v) is 15.2. The number of fused-ring (bicyclic) bond motifs is 1. The lowest BCUT2D eigenvalue weighted by molar-refractivity contribution is -0.135. The molecule has 27 heavy (non-hydrogen) atoms. The summed E-state index contributed by atoms with van der Waals surface area (Å²) in [4.78, 5) is 37.4. The zero-order valence-electron chi connectivity index (χ0n) is 15.2. The molecule has 0 saturated heterocycles. The number of hydrogen-bond donors (Lipinski definition) is 1. The van der Waals surface area contributed by atoms with Crippen LogP contribution in [0.4, 0.5) is 0 Å². The predicted molar refractivity (Wildman–Crippen MR) is 100 cm³/mol. The van der Waals surface area contributed by atoms with Crippen molar-refractivity contribution in [1.82, 2.24) is 4.90 Å². The first-order valence-corrected chi connectivity index (χ1v) is 8.88. The Labute approximate surface area is 157 Å².